The molecule has 0 saturated carbocycles. The van der Waals surface area contributed by atoms with E-state index in [-0.39, 0.29) is 39.4 Å². The second kappa shape index (κ2) is 6.31. The summed E-state index contributed by atoms with van der Waals surface area (Å²) in [6, 6.07) is 1.14. The van der Waals surface area contributed by atoms with Crippen molar-refractivity contribution in [1.82, 2.24) is 4.31 Å². The molecule has 1 aliphatic rings. The van der Waals surface area contributed by atoms with Gasteiger partial charge in [-0.25, -0.2) is 13.2 Å². The van der Waals surface area contributed by atoms with Crippen LogP contribution in [0.3, 0.4) is 0 Å². The zero-order valence-electron chi connectivity index (χ0n) is 11.0. The molecular weight excluding hydrogens is 386 g/mol. The zero-order chi connectivity index (χ0) is 15.8. The van der Waals surface area contributed by atoms with E-state index in [1.165, 1.54) is 4.31 Å². The average molecular weight is 400 g/mol. The molecule has 2 N–H and O–H groups in total. The molecule has 21 heavy (non-hydrogen) atoms. The molecule has 2 unspecified atom stereocenters. The van der Waals surface area contributed by atoms with Gasteiger partial charge in [0.25, 0.3) is 0 Å². The number of thiophene rings is 1. The number of halogens is 1. The minimum absolute atomic E-state index is 0.0356. The number of aromatic carboxylic acids is 1. The summed E-state index contributed by atoms with van der Waals surface area (Å²) in [7, 11) is -3.84. The molecule has 10 heteroatoms. The maximum Gasteiger partial charge on any atom is 0.345 e. The normalized spacial score (nSPS) is 24.1. The van der Waals surface area contributed by atoms with E-state index in [1.807, 2.05) is 0 Å². The largest absolute Gasteiger partial charge is 0.477 e. The van der Waals surface area contributed by atoms with Gasteiger partial charge in [-0.3, -0.25) is 0 Å². The topological polar surface area (TPSA) is 104 Å². The summed E-state index contributed by atoms with van der Waals surface area (Å²) in [5.41, 5.74) is 0. The van der Waals surface area contributed by atoms with Gasteiger partial charge in [0.05, 0.1) is 22.6 Å². The predicted molar refractivity (Wildman–Crippen MR) is 79.2 cm³/mol. The molecule has 1 saturated heterocycles. The van der Waals surface area contributed by atoms with Crippen molar-refractivity contribution in [2.75, 3.05) is 19.7 Å². The lowest BCUT2D eigenvalue weighted by atomic mass is 10.2. The molecule has 1 aromatic heterocycles. The number of nitrogens with zero attached hydrogens (tertiary/aromatic N) is 1. The molecule has 2 heterocycles. The molecule has 0 amide bonds. The van der Waals surface area contributed by atoms with Gasteiger partial charge in [0.15, 0.2) is 0 Å². The van der Waals surface area contributed by atoms with E-state index >= 15 is 0 Å². The highest BCUT2D eigenvalue weighted by Gasteiger charge is 2.35. The molecule has 0 radical (unpaired) electrons. The van der Waals surface area contributed by atoms with Crippen LogP contribution in [0.15, 0.2) is 14.7 Å². The Bertz CT molecular complexity index is 643. The van der Waals surface area contributed by atoms with Crippen molar-refractivity contribution in [3.63, 3.8) is 0 Å². The molecule has 0 aromatic carbocycles. The van der Waals surface area contributed by atoms with Gasteiger partial charge in [-0.1, -0.05) is 0 Å². The van der Waals surface area contributed by atoms with Crippen LogP contribution in [0, 0.1) is 0 Å². The summed E-state index contributed by atoms with van der Waals surface area (Å²) >= 11 is 3.96. The van der Waals surface area contributed by atoms with Crippen LogP contribution in [0.4, 0.5) is 0 Å². The van der Waals surface area contributed by atoms with Gasteiger partial charge in [-0.2, -0.15) is 4.31 Å². The number of hydrogen-bond acceptors (Lipinski definition) is 6. The lowest BCUT2D eigenvalue weighted by molar-refractivity contribution is -0.0750. The highest BCUT2D eigenvalue weighted by atomic mass is 79.9. The third-order valence-electron chi connectivity index (χ3n) is 2.98. The van der Waals surface area contributed by atoms with Crippen molar-refractivity contribution < 1.29 is 28.2 Å². The van der Waals surface area contributed by atoms with Gasteiger partial charge in [-0.15, -0.1) is 11.3 Å². The number of morpholine rings is 1. The second-order valence-electron chi connectivity index (χ2n) is 4.63. The molecule has 0 aliphatic carbocycles. The van der Waals surface area contributed by atoms with Crippen molar-refractivity contribution in [2.24, 2.45) is 0 Å². The fraction of sp³-hybridized carbons (Fsp3) is 0.545. The Morgan fingerprint density at radius 2 is 2.24 bits per heavy atom. The maximum absolute atomic E-state index is 12.6. The molecule has 118 valence electrons. The minimum Gasteiger partial charge on any atom is -0.477 e. The Hall–Kier alpha value is -0.520. The molecular formula is C11H14BrNO6S2. The van der Waals surface area contributed by atoms with Crippen LogP contribution in [0.5, 0.6) is 0 Å². The molecule has 2 atom stereocenters. The summed E-state index contributed by atoms with van der Waals surface area (Å²) < 4.78 is 32.1. The first-order valence-electron chi connectivity index (χ1n) is 6.04. The van der Waals surface area contributed by atoms with Crippen LogP contribution in [0.25, 0.3) is 0 Å². The number of hydrogen-bond donors (Lipinski definition) is 2. The molecule has 0 bridgehead atoms. The summed E-state index contributed by atoms with van der Waals surface area (Å²) in [5.74, 6) is -1.18. The number of ether oxygens (including phenoxy) is 1. The van der Waals surface area contributed by atoms with E-state index < -0.39 is 22.1 Å². The smallest absolute Gasteiger partial charge is 0.345 e. The van der Waals surface area contributed by atoms with Gasteiger partial charge >= 0.3 is 5.97 Å². The van der Waals surface area contributed by atoms with Gasteiger partial charge < -0.3 is 14.9 Å². The van der Waals surface area contributed by atoms with E-state index in [2.05, 4.69) is 15.9 Å². The Balaban J connectivity index is 2.35. The minimum atomic E-state index is -3.84. The van der Waals surface area contributed by atoms with E-state index in [0.717, 1.165) is 17.4 Å². The summed E-state index contributed by atoms with van der Waals surface area (Å²) in [5, 5.41) is 18.1. The highest BCUT2D eigenvalue weighted by molar-refractivity contribution is 9.11. The summed E-state index contributed by atoms with van der Waals surface area (Å²) in [4.78, 5) is 10.8. The molecule has 1 aromatic rings. The zero-order valence-corrected chi connectivity index (χ0v) is 14.2. The third-order valence-corrected chi connectivity index (χ3v) is 7.05. The van der Waals surface area contributed by atoms with Crippen molar-refractivity contribution in [3.05, 3.63) is 14.7 Å². The fourth-order valence-electron chi connectivity index (χ4n) is 2.07. The number of aliphatic hydroxyl groups excluding tert-OH is 1. The third kappa shape index (κ3) is 3.46. The van der Waals surface area contributed by atoms with Crippen molar-refractivity contribution >= 4 is 43.3 Å². The van der Waals surface area contributed by atoms with Crippen LogP contribution in [0.1, 0.15) is 16.6 Å². The lowest BCUT2D eigenvalue weighted by Crippen LogP contribution is -2.50. The first-order valence-corrected chi connectivity index (χ1v) is 9.09. The Labute approximate surface area is 134 Å². The fourth-order valence-corrected chi connectivity index (χ4v) is 5.97. The number of carboxylic acid groups (broad SMARTS) is 1. The van der Waals surface area contributed by atoms with Crippen LogP contribution in [-0.2, 0) is 14.8 Å². The van der Waals surface area contributed by atoms with Crippen molar-refractivity contribution in [3.8, 4) is 0 Å². The monoisotopic (exact) mass is 399 g/mol. The van der Waals surface area contributed by atoms with Crippen LogP contribution in [-0.4, -0.2) is 60.8 Å². The van der Waals surface area contributed by atoms with Gasteiger partial charge in [0.1, 0.15) is 9.77 Å². The van der Waals surface area contributed by atoms with Crippen LogP contribution in [0.2, 0.25) is 0 Å². The quantitative estimate of drug-likeness (QED) is 0.781. The molecule has 2 rings (SSSR count). The SMILES string of the molecule is CC1CN(S(=O)(=O)c2cc(C(=O)O)sc2Br)CC(CO)O1. The van der Waals surface area contributed by atoms with Gasteiger partial charge in [0.2, 0.25) is 10.0 Å². The first kappa shape index (κ1) is 16.8. The standard InChI is InChI=1S/C11H14BrNO6S2/c1-6-3-13(4-7(5-14)19-6)21(17,18)9-2-8(11(15)16)20-10(9)12/h2,6-7,14H,3-5H2,1H3,(H,15,16). The van der Waals surface area contributed by atoms with Crippen LogP contribution >= 0.6 is 27.3 Å². The van der Waals surface area contributed by atoms with Gasteiger partial charge in [-0.05, 0) is 28.9 Å². The second-order valence-corrected chi connectivity index (χ2v) is 8.90. The summed E-state index contributed by atoms with van der Waals surface area (Å²) in [6.07, 6.45) is -0.929. The van der Waals surface area contributed by atoms with Crippen molar-refractivity contribution in [2.45, 2.75) is 24.0 Å². The van der Waals surface area contributed by atoms with E-state index in [4.69, 9.17) is 14.9 Å². The van der Waals surface area contributed by atoms with Crippen molar-refractivity contribution in [1.29, 1.82) is 0 Å². The maximum atomic E-state index is 12.6. The number of aliphatic hydroxyl groups is 1. The lowest BCUT2D eigenvalue weighted by Gasteiger charge is -2.35. The average Bonchev–Trinajstić information content (AvgIpc) is 2.81. The highest BCUT2D eigenvalue weighted by Crippen LogP contribution is 2.34. The Morgan fingerprint density at radius 3 is 2.76 bits per heavy atom. The Kier molecular flexibility index (Phi) is 5.06. The van der Waals surface area contributed by atoms with E-state index in [1.54, 1.807) is 6.92 Å². The number of rotatable bonds is 4. The molecule has 7 nitrogen and oxygen atoms in total. The van der Waals surface area contributed by atoms with Crippen LogP contribution < -0.4 is 0 Å². The molecule has 0 spiro atoms. The number of carbonyl (C=O) groups is 1. The number of carboxylic acids is 1. The predicted octanol–water partition coefficient (Wildman–Crippen LogP) is 0.979. The Morgan fingerprint density at radius 1 is 1.57 bits per heavy atom. The number of sulfonamides is 1. The first-order chi connectivity index (χ1) is 9.75. The van der Waals surface area contributed by atoms with Gasteiger partial charge in [0, 0.05) is 13.1 Å². The summed E-state index contributed by atoms with van der Waals surface area (Å²) in [6.45, 7) is 1.63. The van der Waals surface area contributed by atoms with E-state index in [0.29, 0.717) is 0 Å². The molecule has 1 fully saturated rings. The molecule has 1 aliphatic heterocycles. The van der Waals surface area contributed by atoms with E-state index in [9.17, 15) is 13.2 Å².